The Morgan fingerprint density at radius 1 is 0.633 bits per heavy atom. The summed E-state index contributed by atoms with van der Waals surface area (Å²) in [7, 11) is 3.46. The molecule has 0 aliphatic carbocycles. The molecule has 2 aliphatic rings. The van der Waals surface area contributed by atoms with Gasteiger partial charge >= 0.3 is 0 Å². The quantitative estimate of drug-likeness (QED) is 0.657. The van der Waals surface area contributed by atoms with E-state index in [9.17, 15) is 0 Å². The van der Waals surface area contributed by atoms with E-state index in [1.807, 2.05) is 34.4 Å². The maximum absolute atomic E-state index is 6.39. The van der Waals surface area contributed by atoms with Crippen molar-refractivity contribution in [3.8, 4) is 11.5 Å². The first-order valence-corrected chi connectivity index (χ1v) is 10.9. The van der Waals surface area contributed by atoms with Crippen molar-refractivity contribution in [2.24, 2.45) is 0 Å². The minimum absolute atomic E-state index is 0.0315. The third-order valence-electron chi connectivity index (χ3n) is 6.84. The molecule has 0 saturated carbocycles. The molecule has 0 spiro atoms. The Morgan fingerprint density at radius 3 is 1.17 bits per heavy atom. The van der Waals surface area contributed by atoms with Gasteiger partial charge in [-0.1, -0.05) is 0 Å². The zero-order valence-electron chi connectivity index (χ0n) is 20.4. The molecule has 3 rings (SSSR count). The van der Waals surface area contributed by atoms with Crippen LogP contribution in [-0.4, -0.2) is 58.7 Å². The second-order valence-corrected chi connectivity index (χ2v) is 11.0. The molecule has 1 aromatic rings. The molecule has 2 atom stereocenters. The average molecular weight is 421 g/mol. The SMILES string of the molecule is CON1C(C)(C)CC(Oc2ccc(OC3CC(C)(C)N(OC)C3(C)C)cc2)C1(C)C. The van der Waals surface area contributed by atoms with Crippen molar-refractivity contribution in [1.29, 1.82) is 0 Å². The number of benzene rings is 1. The number of hydrogen-bond acceptors (Lipinski definition) is 6. The Hall–Kier alpha value is -1.34. The lowest BCUT2D eigenvalue weighted by atomic mass is 9.97. The fourth-order valence-corrected chi connectivity index (χ4v) is 5.66. The smallest absolute Gasteiger partial charge is 0.121 e. The van der Waals surface area contributed by atoms with Crippen LogP contribution in [0, 0.1) is 0 Å². The number of hydroxylamine groups is 4. The van der Waals surface area contributed by atoms with E-state index in [4.69, 9.17) is 19.1 Å². The Bertz CT molecular complexity index is 679. The molecular weight excluding hydrogens is 380 g/mol. The van der Waals surface area contributed by atoms with Crippen molar-refractivity contribution in [3.05, 3.63) is 24.3 Å². The molecule has 0 N–H and O–H groups in total. The highest BCUT2D eigenvalue weighted by molar-refractivity contribution is 5.32. The van der Waals surface area contributed by atoms with E-state index in [-0.39, 0.29) is 34.4 Å². The lowest BCUT2D eigenvalue weighted by molar-refractivity contribution is -0.226. The van der Waals surface area contributed by atoms with Crippen LogP contribution in [0.1, 0.15) is 68.2 Å². The molecule has 6 heteroatoms. The first-order chi connectivity index (χ1) is 13.8. The molecular formula is C24H40N2O4. The van der Waals surface area contributed by atoms with Crippen LogP contribution in [0.4, 0.5) is 0 Å². The molecule has 30 heavy (non-hydrogen) atoms. The summed E-state index contributed by atoms with van der Waals surface area (Å²) in [4.78, 5) is 11.4. The van der Waals surface area contributed by atoms with Crippen molar-refractivity contribution in [2.75, 3.05) is 14.2 Å². The summed E-state index contributed by atoms with van der Waals surface area (Å²) in [5, 5.41) is 4.10. The molecule has 2 heterocycles. The van der Waals surface area contributed by atoms with Crippen LogP contribution in [-0.2, 0) is 9.68 Å². The minimum Gasteiger partial charge on any atom is -0.488 e. The van der Waals surface area contributed by atoms with Gasteiger partial charge < -0.3 is 19.1 Å². The zero-order valence-corrected chi connectivity index (χ0v) is 20.4. The van der Waals surface area contributed by atoms with Crippen molar-refractivity contribution in [1.82, 2.24) is 10.1 Å². The maximum atomic E-state index is 6.39. The number of nitrogens with zero attached hydrogens (tertiary/aromatic N) is 2. The second kappa shape index (κ2) is 7.66. The number of ether oxygens (including phenoxy) is 2. The predicted octanol–water partition coefficient (Wildman–Crippen LogP) is 4.83. The number of rotatable bonds is 6. The summed E-state index contributed by atoms with van der Waals surface area (Å²) in [5.41, 5.74) is -0.618. The molecule has 2 saturated heterocycles. The Balaban J connectivity index is 1.69. The van der Waals surface area contributed by atoms with Gasteiger partial charge in [-0.3, -0.25) is 0 Å². The summed E-state index contributed by atoms with van der Waals surface area (Å²) in [6.45, 7) is 17.4. The normalized spacial score (nSPS) is 29.8. The van der Waals surface area contributed by atoms with Crippen LogP contribution in [0.25, 0.3) is 0 Å². The highest BCUT2D eigenvalue weighted by Crippen LogP contribution is 2.44. The molecule has 1 aromatic carbocycles. The zero-order chi connectivity index (χ0) is 22.5. The largest absolute Gasteiger partial charge is 0.488 e. The van der Waals surface area contributed by atoms with Gasteiger partial charge in [-0.25, -0.2) is 0 Å². The van der Waals surface area contributed by atoms with Gasteiger partial charge in [0.15, 0.2) is 0 Å². The predicted molar refractivity (Wildman–Crippen MR) is 119 cm³/mol. The third-order valence-corrected chi connectivity index (χ3v) is 6.84. The highest BCUT2D eigenvalue weighted by atomic mass is 16.7. The van der Waals surface area contributed by atoms with E-state index < -0.39 is 0 Å². The molecule has 2 aliphatic heterocycles. The summed E-state index contributed by atoms with van der Waals surface area (Å²) in [6.07, 6.45) is 1.85. The van der Waals surface area contributed by atoms with Crippen LogP contribution < -0.4 is 9.47 Å². The van der Waals surface area contributed by atoms with Crippen LogP contribution >= 0.6 is 0 Å². The van der Waals surface area contributed by atoms with Crippen LogP contribution in [0.3, 0.4) is 0 Å². The van der Waals surface area contributed by atoms with Crippen molar-refractivity contribution < 1.29 is 19.1 Å². The minimum atomic E-state index is -0.226. The summed E-state index contributed by atoms with van der Waals surface area (Å²) >= 11 is 0. The van der Waals surface area contributed by atoms with E-state index in [1.54, 1.807) is 14.2 Å². The summed E-state index contributed by atoms with van der Waals surface area (Å²) < 4.78 is 12.8. The molecule has 6 nitrogen and oxygen atoms in total. The molecule has 2 fully saturated rings. The van der Waals surface area contributed by atoms with E-state index in [0.29, 0.717) is 0 Å². The van der Waals surface area contributed by atoms with Gasteiger partial charge in [-0.05, 0) is 79.7 Å². The van der Waals surface area contributed by atoms with Crippen LogP contribution in [0.5, 0.6) is 11.5 Å². The van der Waals surface area contributed by atoms with Gasteiger partial charge in [0.05, 0.1) is 25.3 Å². The monoisotopic (exact) mass is 420 g/mol. The van der Waals surface area contributed by atoms with Gasteiger partial charge in [0, 0.05) is 23.9 Å². The average Bonchev–Trinajstić information content (AvgIpc) is 2.90. The Labute approximate surface area is 182 Å². The van der Waals surface area contributed by atoms with Crippen molar-refractivity contribution >= 4 is 0 Å². The first kappa shape index (κ1) is 23.3. The van der Waals surface area contributed by atoms with Crippen LogP contribution in [0.2, 0.25) is 0 Å². The number of hydrogen-bond donors (Lipinski definition) is 0. The summed E-state index contributed by atoms with van der Waals surface area (Å²) in [5.74, 6) is 1.69. The molecule has 0 amide bonds. The van der Waals surface area contributed by atoms with Crippen LogP contribution in [0.15, 0.2) is 24.3 Å². The fourth-order valence-electron chi connectivity index (χ4n) is 5.66. The molecule has 0 aromatic heterocycles. The molecule has 0 bridgehead atoms. The van der Waals surface area contributed by atoms with Gasteiger partial charge in [0.25, 0.3) is 0 Å². The van der Waals surface area contributed by atoms with Gasteiger partial charge in [-0.2, -0.15) is 10.1 Å². The molecule has 2 unspecified atom stereocenters. The van der Waals surface area contributed by atoms with Crippen molar-refractivity contribution in [3.63, 3.8) is 0 Å². The highest BCUT2D eigenvalue weighted by Gasteiger charge is 2.55. The van der Waals surface area contributed by atoms with Gasteiger partial charge in [0.1, 0.15) is 23.7 Å². The van der Waals surface area contributed by atoms with Gasteiger partial charge in [0.2, 0.25) is 0 Å². The fraction of sp³-hybridized carbons (Fsp3) is 0.750. The Kier molecular flexibility index (Phi) is 5.96. The molecule has 0 radical (unpaired) electrons. The summed E-state index contributed by atoms with van der Waals surface area (Å²) in [6, 6.07) is 7.98. The maximum Gasteiger partial charge on any atom is 0.121 e. The van der Waals surface area contributed by atoms with Gasteiger partial charge in [-0.15, -0.1) is 0 Å². The van der Waals surface area contributed by atoms with E-state index in [1.165, 1.54) is 0 Å². The second-order valence-electron chi connectivity index (χ2n) is 11.0. The van der Waals surface area contributed by atoms with Crippen molar-refractivity contribution in [2.45, 2.75) is 103 Å². The molecule has 170 valence electrons. The third kappa shape index (κ3) is 3.95. The van der Waals surface area contributed by atoms with E-state index in [2.05, 4.69) is 55.4 Å². The standard InChI is InChI=1S/C24H40N2O4/c1-21(2)15-19(23(5,6)25(21)27-9)29-17-11-13-18(14-12-17)30-20-16-22(3,4)26(28-10)24(20,7)8/h11-14,19-20H,15-16H2,1-10H3. The van der Waals surface area contributed by atoms with E-state index in [0.717, 1.165) is 24.3 Å². The van der Waals surface area contributed by atoms with E-state index >= 15 is 0 Å². The topological polar surface area (TPSA) is 43.4 Å². The lowest BCUT2D eigenvalue weighted by Gasteiger charge is -2.38. The lowest BCUT2D eigenvalue weighted by Crippen LogP contribution is -2.51. The Morgan fingerprint density at radius 2 is 0.933 bits per heavy atom. The first-order valence-electron chi connectivity index (χ1n) is 10.9.